The van der Waals surface area contributed by atoms with Crippen molar-refractivity contribution in [3.05, 3.63) is 21.6 Å². The number of nitrogens with two attached hydrogens (primary N) is 1. The molecule has 1 aromatic heterocycles. The van der Waals surface area contributed by atoms with Crippen molar-refractivity contribution in [1.82, 2.24) is 9.97 Å². The number of H-pyrrole nitrogens is 1. The fourth-order valence-electron chi connectivity index (χ4n) is 1.43. The van der Waals surface area contributed by atoms with Gasteiger partial charge in [-0.25, -0.2) is 9.78 Å². The Morgan fingerprint density at radius 1 is 1.56 bits per heavy atom. The molecule has 4 N–H and O–H groups in total. The minimum Gasteiger partial charge on any atom is -0.351 e. The predicted molar refractivity (Wildman–Crippen MR) is 61.4 cm³/mol. The van der Waals surface area contributed by atoms with E-state index >= 15 is 0 Å². The number of amides is 2. The van der Waals surface area contributed by atoms with Crippen LogP contribution in [0.3, 0.4) is 0 Å². The van der Waals surface area contributed by atoms with E-state index in [0.29, 0.717) is 17.7 Å². The summed E-state index contributed by atoms with van der Waals surface area (Å²) in [6.07, 6.45) is 2.65. The van der Waals surface area contributed by atoms with Crippen LogP contribution in [-0.4, -0.2) is 16.0 Å². The number of carbonyl (C=O) groups is 1. The highest BCUT2D eigenvalue weighted by atomic mass is 16.2. The third kappa shape index (κ3) is 3.08. The number of nitrogens with one attached hydrogen (secondary N) is 2. The van der Waals surface area contributed by atoms with Crippen LogP contribution >= 0.6 is 0 Å². The van der Waals surface area contributed by atoms with Gasteiger partial charge in [-0.05, 0) is 19.8 Å². The molecule has 0 aliphatic heterocycles. The lowest BCUT2D eigenvalue weighted by Crippen LogP contribution is -2.25. The van der Waals surface area contributed by atoms with Crippen LogP contribution in [0.25, 0.3) is 0 Å². The zero-order valence-electron chi connectivity index (χ0n) is 9.46. The molecule has 0 atom stereocenters. The number of aromatic nitrogens is 2. The Kier molecular flexibility index (Phi) is 4.04. The number of aromatic amines is 1. The summed E-state index contributed by atoms with van der Waals surface area (Å²) in [5, 5.41) is 2.24. The average Bonchev–Trinajstić information content (AvgIpc) is 2.15. The van der Waals surface area contributed by atoms with Crippen molar-refractivity contribution in [2.75, 3.05) is 5.32 Å². The molecule has 0 unspecified atom stereocenters. The molecular weight excluding hydrogens is 208 g/mol. The van der Waals surface area contributed by atoms with Gasteiger partial charge in [0.05, 0.1) is 0 Å². The number of hydrogen-bond donors (Lipinski definition) is 3. The summed E-state index contributed by atoms with van der Waals surface area (Å²) < 4.78 is 0. The van der Waals surface area contributed by atoms with Gasteiger partial charge in [0.2, 0.25) is 5.95 Å². The number of hydrogen-bond acceptors (Lipinski definition) is 3. The molecule has 0 bridgehead atoms. The van der Waals surface area contributed by atoms with E-state index in [-0.39, 0.29) is 11.5 Å². The molecule has 2 amide bonds. The Bertz CT molecular complexity index is 439. The Hall–Kier alpha value is -1.85. The number of anilines is 1. The second-order valence-corrected chi connectivity index (χ2v) is 3.57. The summed E-state index contributed by atoms with van der Waals surface area (Å²) in [7, 11) is 0. The smallest absolute Gasteiger partial charge is 0.318 e. The van der Waals surface area contributed by atoms with Crippen molar-refractivity contribution in [3.8, 4) is 0 Å². The number of carbonyl (C=O) groups excluding carboxylic acids is 1. The molecule has 0 saturated heterocycles. The first-order valence-corrected chi connectivity index (χ1v) is 5.20. The third-order valence-corrected chi connectivity index (χ3v) is 2.24. The molecule has 6 nitrogen and oxygen atoms in total. The lowest BCUT2D eigenvalue weighted by atomic mass is 10.1. The van der Waals surface area contributed by atoms with Crippen LogP contribution in [0.1, 0.15) is 31.0 Å². The molecule has 0 aromatic carbocycles. The zero-order chi connectivity index (χ0) is 12.1. The molecule has 88 valence electrons. The van der Waals surface area contributed by atoms with E-state index in [1.165, 1.54) is 0 Å². The van der Waals surface area contributed by atoms with Crippen LogP contribution < -0.4 is 16.6 Å². The van der Waals surface area contributed by atoms with Gasteiger partial charge in [-0.2, -0.15) is 0 Å². The maximum atomic E-state index is 11.7. The first-order valence-electron chi connectivity index (χ1n) is 5.20. The monoisotopic (exact) mass is 224 g/mol. The molecule has 16 heavy (non-hydrogen) atoms. The number of nitrogens with zero attached hydrogens (tertiary/aromatic N) is 1. The minimum atomic E-state index is -0.746. The summed E-state index contributed by atoms with van der Waals surface area (Å²) in [5.41, 5.74) is 6.00. The maximum Gasteiger partial charge on any atom is 0.318 e. The average molecular weight is 224 g/mol. The first-order chi connectivity index (χ1) is 7.54. The predicted octanol–water partition coefficient (Wildman–Crippen LogP) is 0.912. The van der Waals surface area contributed by atoms with E-state index < -0.39 is 6.03 Å². The summed E-state index contributed by atoms with van der Waals surface area (Å²) >= 11 is 0. The Morgan fingerprint density at radius 2 is 2.25 bits per heavy atom. The lowest BCUT2D eigenvalue weighted by Gasteiger charge is -2.06. The van der Waals surface area contributed by atoms with Crippen molar-refractivity contribution in [1.29, 1.82) is 0 Å². The Morgan fingerprint density at radius 3 is 2.75 bits per heavy atom. The van der Waals surface area contributed by atoms with Crippen molar-refractivity contribution in [3.63, 3.8) is 0 Å². The summed E-state index contributed by atoms with van der Waals surface area (Å²) in [4.78, 5) is 28.8. The largest absolute Gasteiger partial charge is 0.351 e. The topological polar surface area (TPSA) is 101 Å². The fourth-order valence-corrected chi connectivity index (χ4v) is 1.43. The van der Waals surface area contributed by atoms with Crippen molar-refractivity contribution >= 4 is 12.0 Å². The number of primary amides is 1. The van der Waals surface area contributed by atoms with Gasteiger partial charge in [0.15, 0.2) is 0 Å². The normalized spacial score (nSPS) is 10.1. The van der Waals surface area contributed by atoms with E-state index in [1.807, 2.05) is 0 Å². The number of unbranched alkanes of at least 4 members (excludes halogenated alkanes) is 1. The number of aryl methyl sites for hydroxylation is 1. The van der Waals surface area contributed by atoms with Crippen LogP contribution in [-0.2, 0) is 6.42 Å². The molecule has 0 aliphatic carbocycles. The van der Waals surface area contributed by atoms with Crippen LogP contribution in [0, 0.1) is 6.92 Å². The summed E-state index contributed by atoms with van der Waals surface area (Å²) in [6.45, 7) is 3.80. The fraction of sp³-hybridized carbons (Fsp3) is 0.500. The van der Waals surface area contributed by atoms with Gasteiger partial charge in [0.1, 0.15) is 0 Å². The van der Waals surface area contributed by atoms with E-state index in [2.05, 4.69) is 22.2 Å². The van der Waals surface area contributed by atoms with Gasteiger partial charge in [0, 0.05) is 11.3 Å². The quantitative estimate of drug-likeness (QED) is 0.708. The summed E-state index contributed by atoms with van der Waals surface area (Å²) in [6, 6.07) is -0.746. The second kappa shape index (κ2) is 5.29. The Balaban J connectivity index is 2.98. The highest BCUT2D eigenvalue weighted by Crippen LogP contribution is 2.06. The van der Waals surface area contributed by atoms with Gasteiger partial charge < -0.3 is 5.73 Å². The van der Waals surface area contributed by atoms with Gasteiger partial charge in [-0.3, -0.25) is 15.1 Å². The molecule has 0 fully saturated rings. The molecule has 1 heterocycles. The van der Waals surface area contributed by atoms with Gasteiger partial charge >= 0.3 is 6.03 Å². The SMILES string of the molecule is CCCCc1c(C)nc(NC(N)=O)[nH]c1=O. The van der Waals surface area contributed by atoms with Crippen molar-refractivity contribution < 1.29 is 4.79 Å². The highest BCUT2D eigenvalue weighted by molar-refractivity contribution is 5.85. The highest BCUT2D eigenvalue weighted by Gasteiger charge is 2.08. The number of urea groups is 1. The lowest BCUT2D eigenvalue weighted by molar-refractivity contribution is 0.259. The summed E-state index contributed by atoms with van der Waals surface area (Å²) in [5.74, 6) is 0.0928. The maximum absolute atomic E-state index is 11.7. The van der Waals surface area contributed by atoms with Crippen molar-refractivity contribution in [2.45, 2.75) is 33.1 Å². The van der Waals surface area contributed by atoms with Gasteiger partial charge in [0.25, 0.3) is 5.56 Å². The van der Waals surface area contributed by atoms with E-state index in [1.54, 1.807) is 6.92 Å². The number of rotatable bonds is 4. The third-order valence-electron chi connectivity index (χ3n) is 2.24. The van der Waals surface area contributed by atoms with E-state index in [4.69, 9.17) is 5.73 Å². The van der Waals surface area contributed by atoms with Crippen LogP contribution in [0.2, 0.25) is 0 Å². The molecule has 1 aromatic rings. The molecule has 0 radical (unpaired) electrons. The van der Waals surface area contributed by atoms with Crippen molar-refractivity contribution in [2.24, 2.45) is 5.73 Å². The molecule has 1 rings (SSSR count). The molecule has 6 heteroatoms. The van der Waals surface area contributed by atoms with E-state index in [9.17, 15) is 9.59 Å². The first kappa shape index (κ1) is 12.2. The molecule has 0 saturated carbocycles. The molecule has 0 spiro atoms. The van der Waals surface area contributed by atoms with Gasteiger partial charge in [-0.1, -0.05) is 13.3 Å². The standard InChI is InChI=1S/C10H16N4O2/c1-3-4-5-7-6(2)12-10(13-8(7)15)14-9(11)16/h3-5H2,1-2H3,(H4,11,12,13,14,15,16). The minimum absolute atomic E-state index is 0.0928. The van der Waals surface area contributed by atoms with Gasteiger partial charge in [-0.15, -0.1) is 0 Å². The Labute approximate surface area is 93.3 Å². The van der Waals surface area contributed by atoms with Crippen LogP contribution in [0.4, 0.5) is 10.7 Å². The molecule has 0 aliphatic rings. The zero-order valence-corrected chi connectivity index (χ0v) is 9.46. The van der Waals surface area contributed by atoms with Crippen LogP contribution in [0.15, 0.2) is 4.79 Å². The van der Waals surface area contributed by atoms with E-state index in [0.717, 1.165) is 12.8 Å². The second-order valence-electron chi connectivity index (χ2n) is 3.57. The molecular formula is C10H16N4O2. The van der Waals surface area contributed by atoms with Crippen LogP contribution in [0.5, 0.6) is 0 Å².